The molecule has 0 spiro atoms. The Morgan fingerprint density at radius 2 is 2.18 bits per heavy atom. The quantitative estimate of drug-likeness (QED) is 0.517. The number of hydrogen-bond acceptors (Lipinski definition) is 3. The van der Waals surface area contributed by atoms with Crippen LogP contribution in [0, 0.1) is 5.92 Å². The molecule has 0 aromatic carbocycles. The summed E-state index contributed by atoms with van der Waals surface area (Å²) >= 11 is 0. The van der Waals surface area contributed by atoms with Gasteiger partial charge in [-0.3, -0.25) is 0 Å². The average molecular weight is 159 g/mol. The Morgan fingerprint density at radius 1 is 1.55 bits per heavy atom. The van der Waals surface area contributed by atoms with Gasteiger partial charge in [0.15, 0.2) is 0 Å². The van der Waals surface area contributed by atoms with Crippen LogP contribution in [0.15, 0.2) is 0 Å². The molecule has 0 aliphatic heterocycles. The van der Waals surface area contributed by atoms with Crippen molar-refractivity contribution in [1.82, 2.24) is 5.32 Å². The Kier molecular flexibility index (Phi) is 3.30. The average Bonchev–Trinajstić information content (AvgIpc) is 2.81. The second-order valence-corrected chi connectivity index (χ2v) is 3.37. The van der Waals surface area contributed by atoms with Gasteiger partial charge in [-0.05, 0) is 25.7 Å². The van der Waals surface area contributed by atoms with Crippen molar-refractivity contribution in [3.05, 3.63) is 0 Å². The van der Waals surface area contributed by atoms with E-state index < -0.39 is 6.10 Å². The third kappa shape index (κ3) is 3.18. The van der Waals surface area contributed by atoms with Crippen molar-refractivity contribution >= 4 is 0 Å². The second kappa shape index (κ2) is 4.04. The Labute approximate surface area is 67.4 Å². The van der Waals surface area contributed by atoms with Crippen LogP contribution in [-0.4, -0.2) is 35.5 Å². The molecule has 0 aromatic rings. The minimum atomic E-state index is -0.601. The van der Waals surface area contributed by atoms with Gasteiger partial charge in [0.2, 0.25) is 0 Å². The summed E-state index contributed by atoms with van der Waals surface area (Å²) in [5, 5.41) is 20.7. The van der Waals surface area contributed by atoms with Gasteiger partial charge in [-0.2, -0.15) is 0 Å². The maximum atomic E-state index is 9.00. The lowest BCUT2D eigenvalue weighted by atomic mass is 10.2. The van der Waals surface area contributed by atoms with Crippen LogP contribution in [0.2, 0.25) is 0 Å². The zero-order chi connectivity index (χ0) is 8.27. The molecule has 1 aliphatic rings. The molecule has 2 unspecified atom stereocenters. The molecule has 0 saturated heterocycles. The van der Waals surface area contributed by atoms with Crippen LogP contribution in [0.25, 0.3) is 0 Å². The van der Waals surface area contributed by atoms with Gasteiger partial charge in [-0.1, -0.05) is 0 Å². The first-order valence-corrected chi connectivity index (χ1v) is 4.26. The van der Waals surface area contributed by atoms with Gasteiger partial charge in [-0.25, -0.2) is 0 Å². The van der Waals surface area contributed by atoms with Gasteiger partial charge in [0.05, 0.1) is 12.7 Å². The zero-order valence-electron chi connectivity index (χ0n) is 6.95. The van der Waals surface area contributed by atoms with Crippen molar-refractivity contribution in [1.29, 1.82) is 0 Å². The van der Waals surface area contributed by atoms with E-state index in [4.69, 9.17) is 10.2 Å². The standard InChI is InChI=1S/C8H17NO2/c1-6(7-2-3-7)9-4-8(11)5-10/h6-11H,2-5H2,1H3. The van der Waals surface area contributed by atoms with Crippen molar-refractivity contribution in [3.63, 3.8) is 0 Å². The van der Waals surface area contributed by atoms with E-state index in [0.717, 1.165) is 5.92 Å². The third-order valence-electron chi connectivity index (χ3n) is 2.22. The first-order valence-electron chi connectivity index (χ1n) is 4.26. The van der Waals surface area contributed by atoms with Gasteiger partial charge in [0.1, 0.15) is 0 Å². The van der Waals surface area contributed by atoms with E-state index in [1.165, 1.54) is 12.8 Å². The SMILES string of the molecule is CC(NCC(O)CO)C1CC1. The van der Waals surface area contributed by atoms with Gasteiger partial charge in [0, 0.05) is 12.6 Å². The highest BCUT2D eigenvalue weighted by molar-refractivity contribution is 4.83. The Morgan fingerprint density at radius 3 is 2.64 bits per heavy atom. The van der Waals surface area contributed by atoms with Crippen LogP contribution in [0.4, 0.5) is 0 Å². The molecule has 3 nitrogen and oxygen atoms in total. The lowest BCUT2D eigenvalue weighted by Crippen LogP contribution is -2.36. The molecule has 0 aromatic heterocycles. The summed E-state index contributed by atoms with van der Waals surface area (Å²) < 4.78 is 0. The number of aliphatic hydroxyl groups is 2. The lowest BCUT2D eigenvalue weighted by Gasteiger charge is -2.14. The third-order valence-corrected chi connectivity index (χ3v) is 2.22. The fraction of sp³-hybridized carbons (Fsp3) is 1.00. The number of nitrogens with one attached hydrogen (secondary N) is 1. The maximum Gasteiger partial charge on any atom is 0.0895 e. The topological polar surface area (TPSA) is 52.5 Å². The van der Waals surface area contributed by atoms with E-state index >= 15 is 0 Å². The minimum Gasteiger partial charge on any atom is -0.394 e. The fourth-order valence-corrected chi connectivity index (χ4v) is 1.15. The highest BCUT2D eigenvalue weighted by atomic mass is 16.3. The normalized spacial score (nSPS) is 23.2. The summed E-state index contributed by atoms with van der Waals surface area (Å²) in [6.45, 7) is 2.49. The Balaban J connectivity index is 2.00. The van der Waals surface area contributed by atoms with Crippen molar-refractivity contribution in [3.8, 4) is 0 Å². The molecule has 0 bridgehead atoms. The van der Waals surface area contributed by atoms with Gasteiger partial charge in [0.25, 0.3) is 0 Å². The molecule has 11 heavy (non-hydrogen) atoms. The summed E-state index contributed by atoms with van der Waals surface area (Å²) in [4.78, 5) is 0. The molecule has 0 heterocycles. The molecule has 1 aliphatic carbocycles. The van der Waals surface area contributed by atoms with Crippen molar-refractivity contribution in [2.75, 3.05) is 13.2 Å². The van der Waals surface area contributed by atoms with Crippen LogP contribution in [0.3, 0.4) is 0 Å². The van der Waals surface area contributed by atoms with Gasteiger partial charge < -0.3 is 15.5 Å². The van der Waals surface area contributed by atoms with Gasteiger partial charge >= 0.3 is 0 Å². The monoisotopic (exact) mass is 159 g/mol. The van der Waals surface area contributed by atoms with E-state index in [0.29, 0.717) is 12.6 Å². The number of rotatable bonds is 5. The first-order chi connectivity index (χ1) is 5.24. The van der Waals surface area contributed by atoms with Crippen LogP contribution in [0.1, 0.15) is 19.8 Å². The summed E-state index contributed by atoms with van der Waals surface area (Å²) in [6.07, 6.45) is 2.02. The van der Waals surface area contributed by atoms with Crippen LogP contribution in [-0.2, 0) is 0 Å². The molecule has 1 saturated carbocycles. The van der Waals surface area contributed by atoms with Crippen molar-refractivity contribution < 1.29 is 10.2 Å². The van der Waals surface area contributed by atoms with E-state index in [2.05, 4.69) is 12.2 Å². The molecule has 2 atom stereocenters. The molecule has 0 amide bonds. The van der Waals surface area contributed by atoms with E-state index in [-0.39, 0.29) is 6.61 Å². The Hall–Kier alpha value is -0.120. The highest BCUT2D eigenvalue weighted by Crippen LogP contribution is 2.32. The number of hydrogen-bond donors (Lipinski definition) is 3. The first kappa shape index (κ1) is 8.97. The summed E-state index contributed by atoms with van der Waals surface area (Å²) in [7, 11) is 0. The molecule has 66 valence electrons. The van der Waals surface area contributed by atoms with E-state index in [9.17, 15) is 0 Å². The predicted octanol–water partition coefficient (Wildman–Crippen LogP) is -0.272. The van der Waals surface area contributed by atoms with Crippen LogP contribution in [0.5, 0.6) is 0 Å². The largest absolute Gasteiger partial charge is 0.394 e. The van der Waals surface area contributed by atoms with E-state index in [1.54, 1.807) is 0 Å². The van der Waals surface area contributed by atoms with Crippen LogP contribution < -0.4 is 5.32 Å². The molecule has 1 rings (SSSR count). The predicted molar refractivity (Wildman–Crippen MR) is 43.3 cm³/mol. The summed E-state index contributed by atoms with van der Waals surface area (Å²) in [5.74, 6) is 0.806. The van der Waals surface area contributed by atoms with Crippen molar-refractivity contribution in [2.45, 2.75) is 31.9 Å². The second-order valence-electron chi connectivity index (χ2n) is 3.37. The maximum absolute atomic E-state index is 9.00. The number of aliphatic hydroxyl groups excluding tert-OH is 2. The smallest absolute Gasteiger partial charge is 0.0895 e. The summed E-state index contributed by atoms with van der Waals surface area (Å²) in [6, 6.07) is 0.496. The fourth-order valence-electron chi connectivity index (χ4n) is 1.15. The van der Waals surface area contributed by atoms with E-state index in [1.807, 2.05) is 0 Å². The molecule has 3 heteroatoms. The van der Waals surface area contributed by atoms with Gasteiger partial charge in [-0.15, -0.1) is 0 Å². The van der Waals surface area contributed by atoms with Crippen molar-refractivity contribution in [2.24, 2.45) is 5.92 Å². The highest BCUT2D eigenvalue weighted by Gasteiger charge is 2.27. The molecular weight excluding hydrogens is 142 g/mol. The van der Waals surface area contributed by atoms with Crippen LogP contribution >= 0.6 is 0 Å². The molecule has 1 fully saturated rings. The zero-order valence-corrected chi connectivity index (χ0v) is 6.95. The minimum absolute atomic E-state index is 0.148. The molecule has 0 radical (unpaired) electrons. The molecular formula is C8H17NO2. The molecule has 3 N–H and O–H groups in total. The lowest BCUT2D eigenvalue weighted by molar-refractivity contribution is 0.0917. The summed E-state index contributed by atoms with van der Waals surface area (Å²) in [5.41, 5.74) is 0. The Bertz CT molecular complexity index is 115.